The van der Waals surface area contributed by atoms with Crippen LogP contribution in [-0.4, -0.2) is 57.7 Å². The minimum atomic E-state index is -0.785. The number of thiazole rings is 1. The van der Waals surface area contributed by atoms with Gasteiger partial charge >= 0.3 is 6.03 Å². The van der Waals surface area contributed by atoms with Crippen molar-refractivity contribution in [1.82, 2.24) is 19.4 Å². The Kier molecular flexibility index (Phi) is 7.77. The monoisotopic (exact) mass is 604 g/mol. The van der Waals surface area contributed by atoms with E-state index in [9.17, 15) is 18.8 Å². The maximum atomic E-state index is 15.0. The molecule has 3 amide bonds. The normalized spacial score (nSPS) is 13.1. The van der Waals surface area contributed by atoms with Crippen LogP contribution >= 0.6 is 11.3 Å². The van der Waals surface area contributed by atoms with E-state index in [2.05, 4.69) is 20.6 Å². The number of hydrogen-bond donors (Lipinski definition) is 2. The molecule has 0 atom stereocenters. The molecule has 0 radical (unpaired) electrons. The Morgan fingerprint density at radius 3 is 2.51 bits per heavy atom. The van der Waals surface area contributed by atoms with Gasteiger partial charge in [0.15, 0.2) is 11.6 Å². The van der Waals surface area contributed by atoms with E-state index < -0.39 is 23.1 Å². The highest BCUT2D eigenvalue weighted by atomic mass is 32.1. The number of carbonyl (C=O) groups excluding carboxylic acids is 2. The largest absolute Gasteiger partial charge is 0.454 e. The molecule has 11 nitrogen and oxygen atoms in total. The van der Waals surface area contributed by atoms with Gasteiger partial charge in [0.1, 0.15) is 27.8 Å². The lowest BCUT2D eigenvalue weighted by atomic mass is 10.2. The summed E-state index contributed by atoms with van der Waals surface area (Å²) in [6.07, 6.45) is 1.41. The van der Waals surface area contributed by atoms with Crippen LogP contribution in [0.1, 0.15) is 10.4 Å². The third-order valence-corrected chi connectivity index (χ3v) is 7.33. The number of pyridine rings is 2. The van der Waals surface area contributed by atoms with Crippen LogP contribution in [0.2, 0.25) is 0 Å². The van der Waals surface area contributed by atoms with Gasteiger partial charge in [0.05, 0.1) is 29.9 Å². The van der Waals surface area contributed by atoms with Crippen molar-refractivity contribution >= 4 is 45.1 Å². The molecule has 0 spiro atoms. The highest BCUT2D eigenvalue weighted by Gasteiger charge is 2.20. The third kappa shape index (κ3) is 6.05. The molecule has 6 rings (SSSR count). The van der Waals surface area contributed by atoms with E-state index in [0.29, 0.717) is 42.3 Å². The lowest BCUT2D eigenvalue weighted by Crippen LogP contribution is -2.43. The van der Waals surface area contributed by atoms with E-state index in [1.165, 1.54) is 82.2 Å². The first-order valence-corrected chi connectivity index (χ1v) is 13.9. The lowest BCUT2D eigenvalue weighted by Gasteiger charge is -2.26. The molecule has 1 saturated heterocycles. The van der Waals surface area contributed by atoms with Gasteiger partial charge in [0.25, 0.3) is 11.5 Å². The molecule has 0 unspecified atom stereocenters. The van der Waals surface area contributed by atoms with Gasteiger partial charge in [-0.1, -0.05) is 0 Å². The summed E-state index contributed by atoms with van der Waals surface area (Å²) in [6, 6.07) is 13.0. The van der Waals surface area contributed by atoms with Crippen molar-refractivity contribution in [2.75, 3.05) is 36.9 Å². The maximum Gasteiger partial charge on any atom is 0.323 e. The molecule has 218 valence electrons. The van der Waals surface area contributed by atoms with Crippen LogP contribution < -0.4 is 20.9 Å². The Bertz CT molecular complexity index is 1890. The summed E-state index contributed by atoms with van der Waals surface area (Å²) < 4.78 is 40.7. The molecule has 0 bridgehead atoms. The molecule has 1 aliphatic heterocycles. The average Bonchev–Trinajstić information content (AvgIpc) is 3.48. The van der Waals surface area contributed by atoms with Gasteiger partial charge < -0.3 is 19.7 Å². The average molecular weight is 605 g/mol. The van der Waals surface area contributed by atoms with Crippen LogP contribution in [-0.2, 0) is 4.74 Å². The van der Waals surface area contributed by atoms with Gasteiger partial charge in [-0.05, 0) is 48.5 Å². The standard InChI is InChI=1S/C29H22F2N6O5S/c30-17-1-4-19(5-2-17)37-27(39)21(15-23-28(37)43-16-33-23)26(38)34-18-3-6-24(22(31)13-18)42-20-7-8-32-25(14-20)35-29(40)36-9-11-41-12-10-36/h1-8,13-16H,9-12H2,(H,34,38)(H,32,35,40). The molecule has 14 heteroatoms. The number of morpholine rings is 1. The molecule has 43 heavy (non-hydrogen) atoms. The van der Waals surface area contributed by atoms with E-state index in [1.54, 1.807) is 4.90 Å². The number of amides is 3. The number of nitrogens with one attached hydrogen (secondary N) is 2. The number of anilines is 2. The summed E-state index contributed by atoms with van der Waals surface area (Å²) in [5.74, 6) is -1.73. The molecule has 3 aromatic heterocycles. The van der Waals surface area contributed by atoms with E-state index in [0.717, 1.165) is 6.07 Å². The first kappa shape index (κ1) is 27.9. The van der Waals surface area contributed by atoms with Crippen molar-refractivity contribution in [3.05, 3.63) is 99.9 Å². The number of fused-ring (bicyclic) bond motifs is 1. The number of urea groups is 1. The van der Waals surface area contributed by atoms with Crippen LogP contribution in [0.5, 0.6) is 11.5 Å². The van der Waals surface area contributed by atoms with Gasteiger partial charge in [-0.25, -0.2) is 23.5 Å². The van der Waals surface area contributed by atoms with Gasteiger partial charge in [-0.2, -0.15) is 0 Å². The molecule has 0 saturated carbocycles. The molecule has 2 N–H and O–H groups in total. The molecular weight excluding hydrogens is 582 g/mol. The number of carbonyl (C=O) groups is 2. The molecule has 2 aromatic carbocycles. The zero-order valence-electron chi connectivity index (χ0n) is 22.3. The smallest absolute Gasteiger partial charge is 0.323 e. The number of rotatable bonds is 6. The minimum Gasteiger partial charge on any atom is -0.454 e. The SMILES string of the molecule is O=C(Nc1ccc(Oc2ccnc(NC(=O)N3CCOCC3)c2)c(F)c1)c1cc2ncsc2n(-c2ccc(F)cc2)c1=O. The van der Waals surface area contributed by atoms with Crippen LogP contribution in [0.15, 0.2) is 77.2 Å². The van der Waals surface area contributed by atoms with Crippen LogP contribution in [0.25, 0.3) is 16.0 Å². The fraction of sp³-hybridized carbons (Fsp3) is 0.138. The van der Waals surface area contributed by atoms with Crippen LogP contribution in [0.3, 0.4) is 0 Å². The van der Waals surface area contributed by atoms with Gasteiger partial charge in [-0.15, -0.1) is 11.3 Å². The second kappa shape index (κ2) is 12.0. The second-order valence-electron chi connectivity index (χ2n) is 9.33. The number of ether oxygens (including phenoxy) is 2. The zero-order chi connectivity index (χ0) is 29.9. The van der Waals surface area contributed by atoms with E-state index in [1.807, 2.05) is 0 Å². The highest BCUT2D eigenvalue weighted by Crippen LogP contribution is 2.28. The van der Waals surface area contributed by atoms with E-state index in [-0.39, 0.29) is 34.6 Å². The second-order valence-corrected chi connectivity index (χ2v) is 10.2. The van der Waals surface area contributed by atoms with Crippen molar-refractivity contribution in [2.45, 2.75) is 0 Å². The summed E-state index contributed by atoms with van der Waals surface area (Å²) in [4.78, 5) is 49.4. The number of nitrogens with zero attached hydrogens (tertiary/aromatic N) is 4. The first-order chi connectivity index (χ1) is 20.9. The van der Waals surface area contributed by atoms with Crippen LogP contribution in [0, 0.1) is 11.6 Å². The summed E-state index contributed by atoms with van der Waals surface area (Å²) in [7, 11) is 0. The lowest BCUT2D eigenvalue weighted by molar-refractivity contribution is 0.0564. The van der Waals surface area contributed by atoms with Crippen molar-refractivity contribution in [2.24, 2.45) is 0 Å². The highest BCUT2D eigenvalue weighted by molar-refractivity contribution is 7.16. The Morgan fingerprint density at radius 1 is 0.953 bits per heavy atom. The van der Waals surface area contributed by atoms with Gasteiger partial charge in [0.2, 0.25) is 0 Å². The molecule has 0 aliphatic carbocycles. The summed E-state index contributed by atoms with van der Waals surface area (Å²) in [6.45, 7) is 1.82. The number of aromatic nitrogens is 3. The Morgan fingerprint density at radius 2 is 1.74 bits per heavy atom. The quantitative estimate of drug-likeness (QED) is 0.278. The van der Waals surface area contributed by atoms with Crippen molar-refractivity contribution < 1.29 is 27.8 Å². The third-order valence-electron chi connectivity index (χ3n) is 6.50. The predicted octanol–water partition coefficient (Wildman–Crippen LogP) is 5.03. The fourth-order valence-corrected chi connectivity index (χ4v) is 5.19. The van der Waals surface area contributed by atoms with Crippen molar-refractivity contribution in [3.63, 3.8) is 0 Å². The van der Waals surface area contributed by atoms with Crippen LogP contribution in [0.4, 0.5) is 25.1 Å². The summed E-state index contributed by atoms with van der Waals surface area (Å²) >= 11 is 1.20. The Labute approximate surface area is 246 Å². The molecule has 5 aromatic rings. The topological polar surface area (TPSA) is 128 Å². The number of benzene rings is 2. The predicted molar refractivity (Wildman–Crippen MR) is 155 cm³/mol. The Hall–Kier alpha value is -5.21. The first-order valence-electron chi connectivity index (χ1n) is 13.0. The van der Waals surface area contributed by atoms with Gasteiger partial charge in [0, 0.05) is 37.1 Å². The molecular formula is C29H22F2N6O5S. The van der Waals surface area contributed by atoms with Crippen molar-refractivity contribution in [1.29, 1.82) is 0 Å². The maximum absolute atomic E-state index is 15.0. The van der Waals surface area contributed by atoms with E-state index >= 15 is 4.39 Å². The summed E-state index contributed by atoms with van der Waals surface area (Å²) in [5.41, 5.74) is 1.50. The number of hydrogen-bond acceptors (Lipinski definition) is 8. The molecule has 1 fully saturated rings. The molecule has 1 aliphatic rings. The summed E-state index contributed by atoms with van der Waals surface area (Å²) in [5, 5.41) is 5.21. The van der Waals surface area contributed by atoms with Crippen molar-refractivity contribution in [3.8, 4) is 17.2 Å². The number of halogens is 2. The Balaban J connectivity index is 1.18. The zero-order valence-corrected chi connectivity index (χ0v) is 23.1. The van der Waals surface area contributed by atoms with E-state index in [4.69, 9.17) is 9.47 Å². The molecule has 4 heterocycles. The fourth-order valence-electron chi connectivity index (χ4n) is 4.40. The van der Waals surface area contributed by atoms with Gasteiger partial charge in [-0.3, -0.25) is 19.5 Å². The minimum absolute atomic E-state index is 0.0779.